The summed E-state index contributed by atoms with van der Waals surface area (Å²) in [6.07, 6.45) is -8.61. The predicted octanol–water partition coefficient (Wildman–Crippen LogP) is 2.64. The lowest BCUT2D eigenvalue weighted by atomic mass is 9.86. The molecule has 60 heavy (non-hydrogen) atoms. The van der Waals surface area contributed by atoms with Crippen LogP contribution in [0.2, 0.25) is 0 Å². The number of carbonyl (C=O) groups excluding carboxylic acids is 5. The van der Waals surface area contributed by atoms with E-state index in [0.717, 1.165) is 33.4 Å². The first-order valence-electron chi connectivity index (χ1n) is 18.5. The summed E-state index contributed by atoms with van der Waals surface area (Å²) >= 11 is 0. The minimum absolute atomic E-state index is 0.0140. The quantitative estimate of drug-likeness (QED) is 0.0868. The Morgan fingerprint density at radius 1 is 0.967 bits per heavy atom. The van der Waals surface area contributed by atoms with Crippen molar-refractivity contribution >= 4 is 46.4 Å². The standard InChI is InChI=1S/C40H37N3O17/c1-6-40(50)26-14-29-31-23(15-42(29)36(47)25(26)17-55-39(40)49)12-22-13-24(8-9-27(22)41-31)54-16-21-7-10-30(28(11-21)43(51)52)59-38-35(58-20(4)46)33(57-19(3)45)32(56-18(2)44)34(60-38)37(48)53-5/h7-14,32-35,38,50H,6,15-17H2,1-5H3/t32-,33-,34-,35+,38+,40-/m0/s1. The van der Waals surface area contributed by atoms with Gasteiger partial charge in [-0.25, -0.2) is 14.6 Å². The van der Waals surface area contributed by atoms with Gasteiger partial charge in [0.2, 0.25) is 12.4 Å². The number of fused-ring (bicyclic) bond motifs is 5. The number of nitro groups is 1. The second-order valence-corrected chi connectivity index (χ2v) is 14.1. The molecule has 0 bridgehead atoms. The Balaban J connectivity index is 1.13. The van der Waals surface area contributed by atoms with Gasteiger partial charge in [0.25, 0.3) is 5.56 Å². The number of benzene rings is 2. The zero-order valence-corrected chi connectivity index (χ0v) is 32.7. The minimum Gasteiger partial charge on any atom is -0.489 e. The molecule has 0 amide bonds. The number of rotatable bonds is 11. The van der Waals surface area contributed by atoms with Gasteiger partial charge in [-0.3, -0.25) is 29.3 Å². The zero-order chi connectivity index (χ0) is 43.2. The van der Waals surface area contributed by atoms with Crippen LogP contribution in [0.1, 0.15) is 56.4 Å². The molecule has 1 fully saturated rings. The SMILES string of the molecule is CC[C@@]1(O)C(=O)OCc2c1cc1n(c2=O)Cc2cc3cc(OCc4ccc(O[C@@H]5O[C@H](C(=O)OC)[C@@H](OC(C)=O)[C@H](OC(C)=O)[C@H]5OC(C)=O)c([N+](=O)[O-])c4)ccc3nc2-1. The highest BCUT2D eigenvalue weighted by atomic mass is 16.7. The normalized spacial score (nSPS) is 22.6. The van der Waals surface area contributed by atoms with Gasteiger partial charge < -0.3 is 47.6 Å². The lowest BCUT2D eigenvalue weighted by Crippen LogP contribution is -2.64. The molecule has 0 aliphatic carbocycles. The van der Waals surface area contributed by atoms with Crippen molar-refractivity contribution < 1.29 is 71.9 Å². The van der Waals surface area contributed by atoms with E-state index in [1.54, 1.807) is 31.2 Å². The van der Waals surface area contributed by atoms with E-state index in [1.807, 2.05) is 6.07 Å². The number of aromatic nitrogens is 2. The molecule has 0 unspecified atom stereocenters. The van der Waals surface area contributed by atoms with Gasteiger partial charge in [-0.2, -0.15) is 0 Å². The molecule has 0 saturated carbocycles. The smallest absolute Gasteiger partial charge is 0.343 e. The number of hydrogen-bond donors (Lipinski definition) is 1. The van der Waals surface area contributed by atoms with Crippen LogP contribution in [0.5, 0.6) is 11.5 Å². The maximum absolute atomic E-state index is 13.5. The molecule has 2 aromatic carbocycles. The van der Waals surface area contributed by atoms with Gasteiger partial charge in [0.05, 0.1) is 41.0 Å². The Kier molecular flexibility index (Phi) is 11.0. The summed E-state index contributed by atoms with van der Waals surface area (Å²) < 4.78 is 44.9. The number of nitro benzene ring substituents is 1. The van der Waals surface area contributed by atoms with Crippen LogP contribution in [-0.4, -0.2) is 87.2 Å². The summed E-state index contributed by atoms with van der Waals surface area (Å²) in [6, 6.07) is 12.4. The molecule has 3 aliphatic rings. The average Bonchev–Trinajstić information content (AvgIpc) is 3.56. The molecule has 6 atom stereocenters. The fourth-order valence-corrected chi connectivity index (χ4v) is 7.42. The highest BCUT2D eigenvalue weighted by Crippen LogP contribution is 2.40. The number of carbonyl (C=O) groups is 5. The zero-order valence-electron chi connectivity index (χ0n) is 32.7. The molecular weight excluding hydrogens is 794 g/mol. The molecule has 314 valence electrons. The van der Waals surface area contributed by atoms with E-state index in [9.17, 15) is 44.0 Å². The van der Waals surface area contributed by atoms with Gasteiger partial charge in [-0.15, -0.1) is 0 Å². The van der Waals surface area contributed by atoms with Crippen molar-refractivity contribution in [2.24, 2.45) is 0 Å². The van der Waals surface area contributed by atoms with Crippen LogP contribution in [0.15, 0.2) is 53.3 Å². The molecule has 1 saturated heterocycles. The highest BCUT2D eigenvalue weighted by Gasteiger charge is 2.56. The second-order valence-electron chi connectivity index (χ2n) is 14.1. The number of aliphatic hydroxyl groups is 1. The molecular formula is C40H37N3O17. The number of nitrogens with zero attached hydrogens (tertiary/aromatic N) is 3. The Hall–Kier alpha value is -6.93. The Morgan fingerprint density at radius 2 is 1.67 bits per heavy atom. The highest BCUT2D eigenvalue weighted by molar-refractivity contribution is 5.87. The summed E-state index contributed by atoms with van der Waals surface area (Å²) in [5, 5.41) is 24.1. The van der Waals surface area contributed by atoms with E-state index in [1.165, 1.54) is 22.8 Å². The van der Waals surface area contributed by atoms with Crippen molar-refractivity contribution in [2.75, 3.05) is 7.11 Å². The van der Waals surface area contributed by atoms with Crippen LogP contribution < -0.4 is 15.0 Å². The number of cyclic esters (lactones) is 1. The number of hydrogen-bond acceptors (Lipinski definition) is 18. The molecule has 7 rings (SSSR count). The van der Waals surface area contributed by atoms with Gasteiger partial charge in [0.1, 0.15) is 19.0 Å². The van der Waals surface area contributed by atoms with Crippen LogP contribution in [0.4, 0.5) is 5.69 Å². The van der Waals surface area contributed by atoms with Crippen molar-refractivity contribution in [3.05, 3.63) is 91.3 Å². The fraction of sp³-hybridized carbons (Fsp3) is 0.375. The van der Waals surface area contributed by atoms with E-state index < -0.39 is 88.1 Å². The van der Waals surface area contributed by atoms with Crippen molar-refractivity contribution in [3.8, 4) is 22.9 Å². The Morgan fingerprint density at radius 3 is 2.33 bits per heavy atom. The topological polar surface area (TPSA) is 257 Å². The van der Waals surface area contributed by atoms with E-state index in [0.29, 0.717) is 33.6 Å². The van der Waals surface area contributed by atoms with Gasteiger partial charge in [0, 0.05) is 43.4 Å². The summed E-state index contributed by atoms with van der Waals surface area (Å²) in [4.78, 5) is 91.5. The third-order valence-electron chi connectivity index (χ3n) is 10.2. The van der Waals surface area contributed by atoms with Crippen molar-refractivity contribution in [1.29, 1.82) is 0 Å². The predicted molar refractivity (Wildman–Crippen MR) is 200 cm³/mol. The van der Waals surface area contributed by atoms with Crippen molar-refractivity contribution in [1.82, 2.24) is 9.55 Å². The van der Waals surface area contributed by atoms with Crippen LogP contribution in [0.25, 0.3) is 22.3 Å². The van der Waals surface area contributed by atoms with Gasteiger partial charge >= 0.3 is 35.5 Å². The monoisotopic (exact) mass is 831 g/mol. The molecule has 4 aromatic rings. The molecule has 5 heterocycles. The van der Waals surface area contributed by atoms with Crippen LogP contribution in [-0.2, 0) is 77.8 Å². The lowest BCUT2D eigenvalue weighted by molar-refractivity contribution is -0.387. The average molecular weight is 832 g/mol. The minimum atomic E-state index is -1.96. The fourth-order valence-electron chi connectivity index (χ4n) is 7.42. The maximum Gasteiger partial charge on any atom is 0.343 e. The third kappa shape index (κ3) is 7.57. The van der Waals surface area contributed by atoms with Gasteiger partial charge in [-0.1, -0.05) is 13.0 Å². The van der Waals surface area contributed by atoms with Crippen molar-refractivity contribution in [2.45, 2.75) is 90.2 Å². The number of esters is 5. The van der Waals surface area contributed by atoms with Gasteiger partial charge in [-0.05, 0) is 48.4 Å². The molecule has 0 radical (unpaired) electrons. The van der Waals surface area contributed by atoms with Crippen LogP contribution in [0, 0.1) is 10.1 Å². The molecule has 3 aliphatic heterocycles. The van der Waals surface area contributed by atoms with Crippen LogP contribution in [0.3, 0.4) is 0 Å². The number of ether oxygens (including phenoxy) is 8. The summed E-state index contributed by atoms with van der Waals surface area (Å²) in [6.45, 7) is 4.47. The first-order valence-corrected chi connectivity index (χ1v) is 18.5. The lowest BCUT2D eigenvalue weighted by Gasteiger charge is -2.42. The molecule has 1 N–H and O–H groups in total. The Labute approximate surface area is 338 Å². The number of pyridine rings is 2. The Bertz CT molecular complexity index is 2530. The molecule has 20 heteroatoms. The second kappa shape index (κ2) is 16.0. The maximum atomic E-state index is 13.5. The summed E-state index contributed by atoms with van der Waals surface area (Å²) in [7, 11) is 1.02. The molecule has 0 spiro atoms. The summed E-state index contributed by atoms with van der Waals surface area (Å²) in [5.41, 5.74) is 0.0768. The van der Waals surface area contributed by atoms with Gasteiger partial charge in [0.15, 0.2) is 29.7 Å². The third-order valence-corrected chi connectivity index (χ3v) is 10.2. The number of methoxy groups -OCH3 is 1. The van der Waals surface area contributed by atoms with E-state index in [-0.39, 0.29) is 37.3 Å². The van der Waals surface area contributed by atoms with Crippen LogP contribution >= 0.6 is 0 Å². The first-order chi connectivity index (χ1) is 28.5. The van der Waals surface area contributed by atoms with Crippen molar-refractivity contribution in [3.63, 3.8) is 0 Å². The molecule has 2 aromatic heterocycles. The largest absolute Gasteiger partial charge is 0.489 e. The van der Waals surface area contributed by atoms with E-state index in [2.05, 4.69) is 0 Å². The van der Waals surface area contributed by atoms with E-state index in [4.69, 9.17) is 42.9 Å². The first kappa shape index (κ1) is 41.2. The molecule has 20 nitrogen and oxygen atoms in total. The summed E-state index contributed by atoms with van der Waals surface area (Å²) in [5.74, 6) is -4.64. The van der Waals surface area contributed by atoms with E-state index >= 15 is 0 Å².